The third-order valence-corrected chi connectivity index (χ3v) is 6.45. The second-order valence-electron chi connectivity index (χ2n) is 8.34. The minimum Gasteiger partial charge on any atom is -0.348 e. The summed E-state index contributed by atoms with van der Waals surface area (Å²) in [6.07, 6.45) is 3.53. The van der Waals surface area contributed by atoms with Crippen LogP contribution in [0.3, 0.4) is 0 Å². The van der Waals surface area contributed by atoms with E-state index in [2.05, 4.69) is 10.6 Å². The molecule has 2 aliphatic rings. The lowest BCUT2D eigenvalue weighted by molar-refractivity contribution is -0.137. The van der Waals surface area contributed by atoms with Gasteiger partial charge in [0.2, 0.25) is 5.91 Å². The molecule has 6 nitrogen and oxygen atoms in total. The summed E-state index contributed by atoms with van der Waals surface area (Å²) in [5, 5.41) is 8.05. The summed E-state index contributed by atoms with van der Waals surface area (Å²) in [5.41, 5.74) is 0.145. The lowest BCUT2D eigenvalue weighted by Gasteiger charge is -2.36. The van der Waals surface area contributed by atoms with Crippen LogP contribution in [0.2, 0.25) is 0 Å². The zero-order valence-electron chi connectivity index (χ0n) is 16.9. The van der Waals surface area contributed by atoms with Gasteiger partial charge in [0.05, 0.1) is 6.04 Å². The fourth-order valence-electron chi connectivity index (χ4n) is 4.63. The number of amides is 4. The van der Waals surface area contributed by atoms with Gasteiger partial charge in [-0.15, -0.1) is 0 Å². The van der Waals surface area contributed by atoms with Crippen LogP contribution in [0.25, 0.3) is 10.8 Å². The molecule has 4 amide bonds. The van der Waals surface area contributed by atoms with Crippen molar-refractivity contribution in [3.63, 3.8) is 0 Å². The van der Waals surface area contributed by atoms with Crippen LogP contribution in [0.15, 0.2) is 42.5 Å². The summed E-state index contributed by atoms with van der Waals surface area (Å²) in [6.45, 7) is 3.65. The first-order chi connectivity index (χ1) is 13.9. The van der Waals surface area contributed by atoms with E-state index in [9.17, 15) is 14.4 Å². The zero-order chi connectivity index (χ0) is 20.6. The Labute approximate surface area is 170 Å². The number of imide groups is 1. The number of fused-ring (bicyclic) bond motifs is 1. The smallest absolute Gasteiger partial charge is 0.325 e. The van der Waals surface area contributed by atoms with Crippen LogP contribution in [-0.4, -0.2) is 34.8 Å². The maximum Gasteiger partial charge on any atom is 0.325 e. The van der Waals surface area contributed by atoms with E-state index < -0.39 is 11.6 Å². The van der Waals surface area contributed by atoms with Gasteiger partial charge < -0.3 is 10.6 Å². The average molecular weight is 393 g/mol. The van der Waals surface area contributed by atoms with Gasteiger partial charge in [0.15, 0.2) is 0 Å². The van der Waals surface area contributed by atoms with E-state index in [0.717, 1.165) is 40.5 Å². The molecule has 1 spiro atoms. The predicted molar refractivity (Wildman–Crippen MR) is 111 cm³/mol. The summed E-state index contributed by atoms with van der Waals surface area (Å²) < 4.78 is 0. The Bertz CT molecular complexity index is 973. The number of carbonyl (C=O) groups excluding carboxylic acids is 3. The van der Waals surface area contributed by atoms with E-state index in [1.165, 1.54) is 0 Å². The normalized spacial score (nSPS) is 25.3. The SMILES string of the molecule is CC(NC(=O)CN1C(=O)NC2(CCCCC2C)C1=O)c1ccc2ccccc2c1. The fraction of sp³-hybridized carbons (Fsp3) is 0.435. The van der Waals surface area contributed by atoms with Crippen molar-refractivity contribution < 1.29 is 14.4 Å². The van der Waals surface area contributed by atoms with E-state index in [4.69, 9.17) is 0 Å². The molecule has 6 heteroatoms. The maximum atomic E-state index is 13.0. The van der Waals surface area contributed by atoms with E-state index in [-0.39, 0.29) is 30.3 Å². The van der Waals surface area contributed by atoms with Crippen LogP contribution in [0.5, 0.6) is 0 Å². The highest BCUT2D eigenvalue weighted by molar-refractivity contribution is 6.09. The molecule has 0 radical (unpaired) electrons. The molecule has 29 heavy (non-hydrogen) atoms. The Morgan fingerprint density at radius 3 is 2.72 bits per heavy atom. The second kappa shape index (κ2) is 7.50. The first-order valence-corrected chi connectivity index (χ1v) is 10.3. The van der Waals surface area contributed by atoms with Crippen molar-refractivity contribution in [1.82, 2.24) is 15.5 Å². The molecule has 2 aromatic rings. The van der Waals surface area contributed by atoms with Gasteiger partial charge in [-0.25, -0.2) is 4.79 Å². The van der Waals surface area contributed by atoms with Gasteiger partial charge in [-0.05, 0) is 48.1 Å². The molecule has 3 atom stereocenters. The van der Waals surface area contributed by atoms with Crippen molar-refractivity contribution >= 4 is 28.6 Å². The molecule has 4 rings (SSSR count). The van der Waals surface area contributed by atoms with E-state index in [0.29, 0.717) is 6.42 Å². The summed E-state index contributed by atoms with van der Waals surface area (Å²) in [7, 11) is 0. The summed E-state index contributed by atoms with van der Waals surface area (Å²) in [5.74, 6) is -0.518. The maximum absolute atomic E-state index is 13.0. The summed E-state index contributed by atoms with van der Waals surface area (Å²) >= 11 is 0. The third-order valence-electron chi connectivity index (χ3n) is 6.45. The minimum atomic E-state index is -0.834. The first kappa shape index (κ1) is 19.4. The van der Waals surface area contributed by atoms with Crippen LogP contribution in [0.4, 0.5) is 4.79 Å². The molecule has 2 fully saturated rings. The van der Waals surface area contributed by atoms with Crippen LogP contribution >= 0.6 is 0 Å². The van der Waals surface area contributed by atoms with E-state index >= 15 is 0 Å². The second-order valence-corrected chi connectivity index (χ2v) is 8.34. The van der Waals surface area contributed by atoms with Crippen LogP contribution < -0.4 is 10.6 Å². The Morgan fingerprint density at radius 2 is 1.97 bits per heavy atom. The number of nitrogens with one attached hydrogen (secondary N) is 2. The van der Waals surface area contributed by atoms with Gasteiger partial charge in [-0.1, -0.05) is 56.2 Å². The molecular weight excluding hydrogens is 366 g/mol. The number of hydrogen-bond acceptors (Lipinski definition) is 3. The van der Waals surface area contributed by atoms with E-state index in [1.54, 1.807) is 0 Å². The number of urea groups is 1. The molecule has 1 aliphatic heterocycles. The standard InChI is InChI=1S/C23H27N3O3/c1-15-7-5-6-12-23(15)21(28)26(22(29)25-23)14-20(27)24-16(2)18-11-10-17-8-3-4-9-19(17)13-18/h3-4,8-11,13,15-16H,5-7,12,14H2,1-2H3,(H,24,27)(H,25,29). The van der Waals surface area contributed by atoms with Gasteiger partial charge >= 0.3 is 6.03 Å². The average Bonchev–Trinajstić information content (AvgIpc) is 2.94. The van der Waals surface area contributed by atoms with Crippen LogP contribution in [-0.2, 0) is 9.59 Å². The van der Waals surface area contributed by atoms with E-state index in [1.807, 2.05) is 56.3 Å². The first-order valence-electron chi connectivity index (χ1n) is 10.3. The Kier molecular flexibility index (Phi) is 5.03. The Hall–Kier alpha value is -2.89. The Morgan fingerprint density at radius 1 is 1.21 bits per heavy atom. The van der Waals surface area contributed by atoms with Gasteiger partial charge in [0.1, 0.15) is 12.1 Å². The third kappa shape index (κ3) is 3.48. The molecule has 0 aromatic heterocycles. The molecule has 1 saturated heterocycles. The molecular formula is C23H27N3O3. The number of hydrogen-bond donors (Lipinski definition) is 2. The summed E-state index contributed by atoms with van der Waals surface area (Å²) in [6, 6.07) is 13.4. The molecule has 1 aliphatic carbocycles. The monoisotopic (exact) mass is 393 g/mol. The molecule has 2 N–H and O–H groups in total. The topological polar surface area (TPSA) is 78.5 Å². The number of carbonyl (C=O) groups is 3. The quantitative estimate of drug-likeness (QED) is 0.780. The highest BCUT2D eigenvalue weighted by atomic mass is 16.2. The highest BCUT2D eigenvalue weighted by Gasteiger charge is 2.55. The number of nitrogens with zero attached hydrogens (tertiary/aromatic N) is 1. The van der Waals surface area contributed by atoms with Crippen LogP contribution in [0, 0.1) is 5.92 Å². The van der Waals surface area contributed by atoms with Crippen molar-refractivity contribution in [2.45, 2.75) is 51.1 Å². The molecule has 0 bridgehead atoms. The molecule has 3 unspecified atom stereocenters. The minimum absolute atomic E-state index is 0.0808. The van der Waals surface area contributed by atoms with Crippen molar-refractivity contribution in [1.29, 1.82) is 0 Å². The number of benzene rings is 2. The van der Waals surface area contributed by atoms with Gasteiger partial charge in [-0.2, -0.15) is 0 Å². The molecule has 152 valence electrons. The lowest BCUT2D eigenvalue weighted by atomic mass is 9.73. The number of rotatable bonds is 4. The van der Waals surface area contributed by atoms with Crippen molar-refractivity contribution in [3.05, 3.63) is 48.0 Å². The Balaban J connectivity index is 1.43. The molecule has 1 heterocycles. The fourth-order valence-corrected chi connectivity index (χ4v) is 4.63. The van der Waals surface area contributed by atoms with Crippen LogP contribution in [0.1, 0.15) is 51.1 Å². The zero-order valence-corrected chi connectivity index (χ0v) is 16.9. The van der Waals surface area contributed by atoms with Crippen molar-refractivity contribution in [3.8, 4) is 0 Å². The molecule has 2 aromatic carbocycles. The van der Waals surface area contributed by atoms with Gasteiger partial charge in [0, 0.05) is 0 Å². The summed E-state index contributed by atoms with van der Waals surface area (Å²) in [4.78, 5) is 39.1. The highest BCUT2D eigenvalue weighted by Crippen LogP contribution is 2.38. The van der Waals surface area contributed by atoms with Crippen molar-refractivity contribution in [2.24, 2.45) is 5.92 Å². The molecule has 1 saturated carbocycles. The lowest BCUT2D eigenvalue weighted by Crippen LogP contribution is -2.54. The predicted octanol–water partition coefficient (Wildman–Crippen LogP) is 3.52. The van der Waals surface area contributed by atoms with Gasteiger partial charge in [0.25, 0.3) is 5.91 Å². The largest absolute Gasteiger partial charge is 0.348 e. The van der Waals surface area contributed by atoms with Gasteiger partial charge in [-0.3, -0.25) is 14.5 Å². The van der Waals surface area contributed by atoms with Crippen molar-refractivity contribution in [2.75, 3.05) is 6.54 Å².